The van der Waals surface area contributed by atoms with Gasteiger partial charge in [0.25, 0.3) is 5.56 Å². The maximum atomic E-state index is 11.2. The molecule has 0 radical (unpaired) electrons. The molecule has 0 aromatic carbocycles. The van der Waals surface area contributed by atoms with Crippen LogP contribution in [0.25, 0.3) is 10.7 Å². The summed E-state index contributed by atoms with van der Waals surface area (Å²) < 4.78 is 0.452. The maximum absolute atomic E-state index is 11.2. The van der Waals surface area contributed by atoms with Gasteiger partial charge in [0.05, 0.1) is 4.88 Å². The Morgan fingerprint density at radius 1 is 1.54 bits per heavy atom. The van der Waals surface area contributed by atoms with Gasteiger partial charge in [0.1, 0.15) is 10.3 Å². The fraction of sp³-hybridized carbons (Fsp3) is 0. The molecule has 0 fully saturated rings. The molecule has 2 rings (SSSR count). The molecule has 2 heterocycles. The zero-order valence-electron chi connectivity index (χ0n) is 6.45. The van der Waals surface area contributed by atoms with E-state index >= 15 is 0 Å². The third-order valence-corrected chi connectivity index (χ3v) is 2.95. The van der Waals surface area contributed by atoms with E-state index in [1.165, 1.54) is 6.20 Å². The van der Waals surface area contributed by atoms with Crippen LogP contribution in [0.5, 0.6) is 0 Å². The zero-order valence-corrected chi connectivity index (χ0v) is 8.85. The number of halogens is 1. The van der Waals surface area contributed by atoms with Crippen LogP contribution in [-0.2, 0) is 0 Å². The van der Waals surface area contributed by atoms with E-state index in [1.807, 2.05) is 17.5 Å². The topological polar surface area (TPSA) is 45.8 Å². The van der Waals surface area contributed by atoms with Crippen LogP contribution < -0.4 is 5.56 Å². The quantitative estimate of drug-likeness (QED) is 0.851. The van der Waals surface area contributed by atoms with E-state index in [-0.39, 0.29) is 5.56 Å². The van der Waals surface area contributed by atoms with Crippen molar-refractivity contribution >= 4 is 27.3 Å². The average molecular weight is 257 g/mol. The fourth-order valence-corrected chi connectivity index (χ4v) is 1.80. The minimum atomic E-state index is -0.154. The lowest BCUT2D eigenvalue weighted by Crippen LogP contribution is -2.08. The lowest BCUT2D eigenvalue weighted by atomic mass is 10.4. The van der Waals surface area contributed by atoms with Crippen molar-refractivity contribution in [3.63, 3.8) is 0 Å². The highest BCUT2D eigenvalue weighted by Gasteiger charge is 2.02. The molecule has 0 unspecified atom stereocenters. The number of hydrogen-bond donors (Lipinski definition) is 1. The average Bonchev–Trinajstić information content (AvgIpc) is 2.62. The van der Waals surface area contributed by atoms with Crippen molar-refractivity contribution in [3.05, 3.63) is 38.5 Å². The van der Waals surface area contributed by atoms with Crippen LogP contribution in [0, 0.1) is 0 Å². The molecule has 1 N–H and O–H groups in total. The molecule has 0 saturated carbocycles. The third-order valence-electron chi connectivity index (χ3n) is 1.51. The number of aromatic amines is 1. The second-order valence-corrected chi connectivity index (χ2v) is 4.19. The number of H-pyrrole nitrogens is 1. The number of hydrogen-bond acceptors (Lipinski definition) is 3. The highest BCUT2D eigenvalue weighted by molar-refractivity contribution is 9.10. The van der Waals surface area contributed by atoms with E-state index in [1.54, 1.807) is 11.3 Å². The Bertz CT molecular complexity index is 463. The predicted molar refractivity (Wildman–Crippen MR) is 55.9 cm³/mol. The fourth-order valence-electron chi connectivity index (χ4n) is 0.918. The van der Waals surface area contributed by atoms with Crippen LogP contribution in [0.4, 0.5) is 0 Å². The molecule has 0 spiro atoms. The second kappa shape index (κ2) is 3.43. The van der Waals surface area contributed by atoms with Crippen molar-refractivity contribution in [2.45, 2.75) is 0 Å². The smallest absolute Gasteiger partial charge is 0.265 e. The molecule has 0 bridgehead atoms. The van der Waals surface area contributed by atoms with Gasteiger partial charge in [-0.25, -0.2) is 4.98 Å². The Morgan fingerprint density at radius 3 is 3.00 bits per heavy atom. The van der Waals surface area contributed by atoms with Crippen LogP contribution in [0.2, 0.25) is 0 Å². The molecule has 5 heteroatoms. The molecule has 0 aliphatic carbocycles. The van der Waals surface area contributed by atoms with Gasteiger partial charge in [-0.2, -0.15) is 0 Å². The van der Waals surface area contributed by atoms with Gasteiger partial charge in [0, 0.05) is 6.20 Å². The Hall–Kier alpha value is -0.940. The van der Waals surface area contributed by atoms with Crippen molar-refractivity contribution in [1.29, 1.82) is 0 Å². The van der Waals surface area contributed by atoms with Crippen LogP contribution in [-0.4, -0.2) is 9.97 Å². The lowest BCUT2D eigenvalue weighted by Gasteiger charge is -1.95. The van der Waals surface area contributed by atoms with E-state index in [0.29, 0.717) is 10.3 Å². The summed E-state index contributed by atoms with van der Waals surface area (Å²) in [5, 5.41) is 1.94. The highest BCUT2D eigenvalue weighted by atomic mass is 79.9. The summed E-state index contributed by atoms with van der Waals surface area (Å²) in [6.07, 6.45) is 1.51. The minimum absolute atomic E-state index is 0.154. The molecule has 3 nitrogen and oxygen atoms in total. The number of thiophene rings is 1. The summed E-state index contributed by atoms with van der Waals surface area (Å²) in [7, 11) is 0. The molecule has 0 atom stereocenters. The first-order valence-corrected chi connectivity index (χ1v) is 5.23. The van der Waals surface area contributed by atoms with Gasteiger partial charge in [-0.15, -0.1) is 11.3 Å². The van der Waals surface area contributed by atoms with Crippen LogP contribution in [0.3, 0.4) is 0 Å². The van der Waals surface area contributed by atoms with Gasteiger partial charge in [-0.05, 0) is 27.4 Å². The summed E-state index contributed by atoms with van der Waals surface area (Å²) in [5.41, 5.74) is -0.154. The number of rotatable bonds is 1. The minimum Gasteiger partial charge on any atom is -0.305 e. The van der Waals surface area contributed by atoms with Crippen LogP contribution in [0.1, 0.15) is 0 Å². The molecule has 0 saturated heterocycles. The molecule has 0 aliphatic rings. The summed E-state index contributed by atoms with van der Waals surface area (Å²) in [6, 6.07) is 3.83. The first kappa shape index (κ1) is 8.65. The number of nitrogens with zero attached hydrogens (tertiary/aromatic N) is 1. The summed E-state index contributed by atoms with van der Waals surface area (Å²) in [4.78, 5) is 18.9. The monoisotopic (exact) mass is 256 g/mol. The van der Waals surface area contributed by atoms with Crippen molar-refractivity contribution in [3.8, 4) is 10.7 Å². The standard InChI is InChI=1S/C8H5BrN2OS/c9-5-4-10-7(11-8(5)12)6-2-1-3-13-6/h1-4H,(H,10,11,12). The number of nitrogens with one attached hydrogen (secondary N) is 1. The van der Waals surface area contributed by atoms with Gasteiger partial charge in [0.2, 0.25) is 0 Å². The van der Waals surface area contributed by atoms with Gasteiger partial charge in [-0.1, -0.05) is 6.07 Å². The molecule has 2 aromatic heterocycles. The first-order chi connectivity index (χ1) is 6.27. The van der Waals surface area contributed by atoms with E-state index in [9.17, 15) is 4.79 Å². The summed E-state index contributed by atoms with van der Waals surface area (Å²) in [6.45, 7) is 0. The van der Waals surface area contributed by atoms with E-state index in [2.05, 4.69) is 25.9 Å². The van der Waals surface area contributed by atoms with Crippen molar-refractivity contribution < 1.29 is 0 Å². The predicted octanol–water partition coefficient (Wildman–Crippen LogP) is 2.26. The molecule has 13 heavy (non-hydrogen) atoms. The van der Waals surface area contributed by atoms with Gasteiger partial charge in [0.15, 0.2) is 0 Å². The van der Waals surface area contributed by atoms with E-state index in [4.69, 9.17) is 0 Å². The highest BCUT2D eigenvalue weighted by Crippen LogP contribution is 2.19. The maximum Gasteiger partial charge on any atom is 0.265 e. The second-order valence-electron chi connectivity index (χ2n) is 2.39. The molecule has 0 aliphatic heterocycles. The van der Waals surface area contributed by atoms with Crippen molar-refractivity contribution in [2.24, 2.45) is 0 Å². The van der Waals surface area contributed by atoms with E-state index in [0.717, 1.165) is 4.88 Å². The lowest BCUT2D eigenvalue weighted by molar-refractivity contribution is 1.12. The van der Waals surface area contributed by atoms with Gasteiger partial charge >= 0.3 is 0 Å². The Morgan fingerprint density at radius 2 is 2.38 bits per heavy atom. The summed E-state index contributed by atoms with van der Waals surface area (Å²) >= 11 is 4.63. The summed E-state index contributed by atoms with van der Waals surface area (Å²) in [5.74, 6) is 0.614. The zero-order chi connectivity index (χ0) is 9.26. The first-order valence-electron chi connectivity index (χ1n) is 3.56. The largest absolute Gasteiger partial charge is 0.305 e. The van der Waals surface area contributed by atoms with Gasteiger partial charge in [-0.3, -0.25) is 4.79 Å². The third kappa shape index (κ3) is 1.71. The molecular formula is C8H5BrN2OS. The van der Waals surface area contributed by atoms with Crippen LogP contribution >= 0.6 is 27.3 Å². The van der Waals surface area contributed by atoms with Crippen molar-refractivity contribution in [1.82, 2.24) is 9.97 Å². The normalized spacial score (nSPS) is 10.2. The Balaban J connectivity index is 2.55. The van der Waals surface area contributed by atoms with E-state index < -0.39 is 0 Å². The number of aromatic nitrogens is 2. The van der Waals surface area contributed by atoms with Crippen molar-refractivity contribution in [2.75, 3.05) is 0 Å². The molecule has 2 aromatic rings. The molecule has 66 valence electrons. The molecule has 0 amide bonds. The van der Waals surface area contributed by atoms with Gasteiger partial charge < -0.3 is 4.98 Å². The molecular weight excluding hydrogens is 252 g/mol. The Kier molecular flexibility index (Phi) is 2.28. The Labute approximate surface area is 86.6 Å². The van der Waals surface area contributed by atoms with Crippen LogP contribution in [0.15, 0.2) is 33.0 Å². The SMILES string of the molecule is O=c1[nH]c(-c2cccs2)ncc1Br.